The van der Waals surface area contributed by atoms with E-state index in [4.69, 9.17) is 4.98 Å². The molecule has 0 fully saturated rings. The summed E-state index contributed by atoms with van der Waals surface area (Å²) >= 11 is 0. The molecule has 2 aromatic heterocycles. The number of rotatable bonds is 3. The van der Waals surface area contributed by atoms with Crippen LogP contribution in [-0.2, 0) is 6.61 Å². The van der Waals surface area contributed by atoms with Gasteiger partial charge in [0.1, 0.15) is 5.65 Å². The molecule has 3 heteroatoms. The molecule has 2 heterocycles. The summed E-state index contributed by atoms with van der Waals surface area (Å²) in [5, 5.41) is 11.8. The Morgan fingerprint density at radius 1 is 0.704 bits per heavy atom. The minimum atomic E-state index is 0.0489. The summed E-state index contributed by atoms with van der Waals surface area (Å²) in [6.07, 6.45) is 4.15. The zero-order valence-corrected chi connectivity index (χ0v) is 14.7. The second-order valence-electron chi connectivity index (χ2n) is 6.73. The third-order valence-electron chi connectivity index (χ3n) is 4.94. The summed E-state index contributed by atoms with van der Waals surface area (Å²) in [5.74, 6) is 0. The average molecular weight is 350 g/mol. The van der Waals surface area contributed by atoms with Crippen molar-refractivity contribution in [2.75, 3.05) is 0 Å². The lowest BCUT2D eigenvalue weighted by molar-refractivity contribution is 0.282. The number of hydrogen-bond acceptors (Lipinski definition) is 2. The molecule has 3 aromatic carbocycles. The first-order valence-corrected chi connectivity index (χ1v) is 8.98. The fourth-order valence-corrected chi connectivity index (χ4v) is 3.50. The SMILES string of the molecule is OCc1cccc(-c2ccc3nc(-c4ccc5ccccc5c4)cn3c2)c1. The van der Waals surface area contributed by atoms with Crippen molar-refractivity contribution in [1.29, 1.82) is 0 Å². The molecular formula is C24H18N2O. The van der Waals surface area contributed by atoms with Crippen LogP contribution >= 0.6 is 0 Å². The third kappa shape index (κ3) is 2.88. The fraction of sp³-hybridized carbons (Fsp3) is 0.0417. The smallest absolute Gasteiger partial charge is 0.137 e. The number of nitrogens with zero attached hydrogens (tertiary/aromatic N) is 2. The van der Waals surface area contributed by atoms with E-state index in [1.807, 2.05) is 24.3 Å². The van der Waals surface area contributed by atoms with Crippen molar-refractivity contribution < 1.29 is 5.11 Å². The van der Waals surface area contributed by atoms with Gasteiger partial charge in [0.05, 0.1) is 12.3 Å². The molecule has 0 radical (unpaired) electrons. The van der Waals surface area contributed by atoms with Crippen LogP contribution in [0.2, 0.25) is 0 Å². The number of benzene rings is 3. The van der Waals surface area contributed by atoms with Crippen LogP contribution in [0.25, 0.3) is 38.8 Å². The van der Waals surface area contributed by atoms with E-state index in [0.29, 0.717) is 0 Å². The minimum absolute atomic E-state index is 0.0489. The van der Waals surface area contributed by atoms with Crippen LogP contribution in [0.3, 0.4) is 0 Å². The van der Waals surface area contributed by atoms with Crippen LogP contribution in [0.5, 0.6) is 0 Å². The van der Waals surface area contributed by atoms with Gasteiger partial charge < -0.3 is 9.51 Å². The highest BCUT2D eigenvalue weighted by molar-refractivity contribution is 5.87. The van der Waals surface area contributed by atoms with Crippen molar-refractivity contribution in [3.8, 4) is 22.4 Å². The molecule has 0 aliphatic carbocycles. The van der Waals surface area contributed by atoms with Crippen LogP contribution < -0.4 is 0 Å². The molecule has 5 aromatic rings. The molecule has 3 nitrogen and oxygen atoms in total. The molecule has 0 saturated heterocycles. The van der Waals surface area contributed by atoms with Crippen LogP contribution in [-0.4, -0.2) is 14.5 Å². The van der Waals surface area contributed by atoms with E-state index in [0.717, 1.165) is 33.6 Å². The van der Waals surface area contributed by atoms with E-state index < -0.39 is 0 Å². The van der Waals surface area contributed by atoms with Gasteiger partial charge in [0.25, 0.3) is 0 Å². The second kappa shape index (κ2) is 6.38. The van der Waals surface area contributed by atoms with Gasteiger partial charge >= 0.3 is 0 Å². The van der Waals surface area contributed by atoms with Gasteiger partial charge in [-0.15, -0.1) is 0 Å². The first kappa shape index (κ1) is 15.8. The molecular weight excluding hydrogens is 332 g/mol. The maximum absolute atomic E-state index is 9.37. The molecule has 0 unspecified atom stereocenters. The number of aliphatic hydroxyl groups is 1. The van der Waals surface area contributed by atoms with E-state index in [9.17, 15) is 5.11 Å². The number of aliphatic hydroxyl groups excluding tert-OH is 1. The number of pyridine rings is 1. The van der Waals surface area contributed by atoms with Crippen LogP contribution in [0.4, 0.5) is 0 Å². The van der Waals surface area contributed by atoms with Gasteiger partial charge in [-0.05, 0) is 51.7 Å². The Morgan fingerprint density at radius 2 is 1.56 bits per heavy atom. The number of fused-ring (bicyclic) bond motifs is 2. The van der Waals surface area contributed by atoms with Crippen molar-refractivity contribution in [1.82, 2.24) is 9.38 Å². The third-order valence-corrected chi connectivity index (χ3v) is 4.94. The Morgan fingerprint density at radius 3 is 2.44 bits per heavy atom. The Balaban J connectivity index is 1.58. The lowest BCUT2D eigenvalue weighted by atomic mass is 10.1. The molecule has 130 valence electrons. The topological polar surface area (TPSA) is 37.5 Å². The number of aromatic nitrogens is 2. The quantitative estimate of drug-likeness (QED) is 0.478. The highest BCUT2D eigenvalue weighted by atomic mass is 16.3. The second-order valence-corrected chi connectivity index (χ2v) is 6.73. The largest absolute Gasteiger partial charge is 0.392 e. The zero-order valence-electron chi connectivity index (χ0n) is 14.7. The molecule has 1 N–H and O–H groups in total. The molecule has 0 aliphatic rings. The van der Waals surface area contributed by atoms with E-state index in [2.05, 4.69) is 71.4 Å². The first-order chi connectivity index (χ1) is 13.3. The minimum Gasteiger partial charge on any atom is -0.392 e. The summed E-state index contributed by atoms with van der Waals surface area (Å²) < 4.78 is 2.06. The van der Waals surface area contributed by atoms with Crippen molar-refractivity contribution in [3.05, 3.63) is 96.8 Å². The maximum atomic E-state index is 9.37. The first-order valence-electron chi connectivity index (χ1n) is 8.98. The van der Waals surface area contributed by atoms with Crippen LogP contribution in [0.15, 0.2) is 91.3 Å². The van der Waals surface area contributed by atoms with Gasteiger partial charge in [0.15, 0.2) is 0 Å². The molecule has 5 rings (SSSR count). The summed E-state index contributed by atoms with van der Waals surface area (Å²) in [5.41, 5.74) is 6.09. The lowest BCUT2D eigenvalue weighted by Crippen LogP contribution is -1.87. The Labute approximate surface area is 157 Å². The zero-order chi connectivity index (χ0) is 18.2. The molecule has 0 aliphatic heterocycles. The van der Waals surface area contributed by atoms with Crippen LogP contribution in [0.1, 0.15) is 5.56 Å². The monoisotopic (exact) mass is 350 g/mol. The van der Waals surface area contributed by atoms with Gasteiger partial charge in [-0.3, -0.25) is 0 Å². The Kier molecular flexibility index (Phi) is 3.73. The Bertz CT molecular complexity index is 1270. The van der Waals surface area contributed by atoms with E-state index >= 15 is 0 Å². The predicted molar refractivity (Wildman–Crippen MR) is 109 cm³/mol. The van der Waals surface area contributed by atoms with Crippen LogP contribution in [0, 0.1) is 0 Å². The average Bonchev–Trinajstić information content (AvgIpc) is 3.17. The van der Waals surface area contributed by atoms with E-state index in [1.165, 1.54) is 10.8 Å². The van der Waals surface area contributed by atoms with E-state index in [-0.39, 0.29) is 6.61 Å². The molecule has 27 heavy (non-hydrogen) atoms. The predicted octanol–water partition coefficient (Wildman–Crippen LogP) is 5.31. The number of imidazole rings is 1. The van der Waals surface area contributed by atoms with Gasteiger partial charge in [0.2, 0.25) is 0 Å². The Hall–Kier alpha value is -3.43. The van der Waals surface area contributed by atoms with Gasteiger partial charge in [-0.25, -0.2) is 4.98 Å². The molecule has 0 saturated carbocycles. The molecule has 0 bridgehead atoms. The molecule has 0 amide bonds. The van der Waals surface area contributed by atoms with Crippen molar-refractivity contribution in [2.45, 2.75) is 6.61 Å². The van der Waals surface area contributed by atoms with Gasteiger partial charge in [-0.2, -0.15) is 0 Å². The summed E-state index contributed by atoms with van der Waals surface area (Å²) in [7, 11) is 0. The van der Waals surface area contributed by atoms with Gasteiger partial charge in [0, 0.05) is 18.0 Å². The highest BCUT2D eigenvalue weighted by Gasteiger charge is 2.07. The summed E-state index contributed by atoms with van der Waals surface area (Å²) in [4.78, 5) is 4.78. The highest BCUT2D eigenvalue weighted by Crippen LogP contribution is 2.26. The molecule has 0 spiro atoms. The normalized spacial score (nSPS) is 11.3. The summed E-state index contributed by atoms with van der Waals surface area (Å²) in [6.45, 7) is 0.0489. The number of hydrogen-bond donors (Lipinski definition) is 1. The lowest BCUT2D eigenvalue weighted by Gasteiger charge is -2.04. The van der Waals surface area contributed by atoms with Crippen molar-refractivity contribution in [2.24, 2.45) is 0 Å². The van der Waals surface area contributed by atoms with Crippen molar-refractivity contribution in [3.63, 3.8) is 0 Å². The summed E-state index contributed by atoms with van der Waals surface area (Å²) in [6, 6.07) is 26.9. The van der Waals surface area contributed by atoms with E-state index in [1.54, 1.807) is 0 Å². The van der Waals surface area contributed by atoms with Crippen molar-refractivity contribution >= 4 is 16.4 Å². The fourth-order valence-electron chi connectivity index (χ4n) is 3.50. The maximum Gasteiger partial charge on any atom is 0.137 e. The van der Waals surface area contributed by atoms with Gasteiger partial charge in [-0.1, -0.05) is 54.6 Å². The standard InChI is InChI=1S/C24H18N2O/c27-16-17-4-3-7-19(12-17)22-10-11-24-25-23(15-26(24)14-22)21-9-8-18-5-1-2-6-20(18)13-21/h1-15,27H,16H2. The molecule has 0 atom stereocenters.